The van der Waals surface area contributed by atoms with Crippen molar-refractivity contribution in [2.24, 2.45) is 10.9 Å². The van der Waals surface area contributed by atoms with Crippen LogP contribution in [-0.2, 0) is 11.2 Å². The number of hydrogen-bond acceptors (Lipinski definition) is 6. The number of ether oxygens (including phenoxy) is 1. The molecule has 1 saturated heterocycles. The molecule has 3 aromatic carbocycles. The number of amides is 3. The minimum absolute atomic E-state index is 0.0958. The summed E-state index contributed by atoms with van der Waals surface area (Å²) in [6.07, 6.45) is -1.72. The van der Waals surface area contributed by atoms with Crippen molar-refractivity contribution in [3.8, 4) is 22.8 Å². The minimum Gasteiger partial charge on any atom is -0.406 e. The molecule has 4 aromatic rings. The van der Waals surface area contributed by atoms with Crippen molar-refractivity contribution in [2.45, 2.75) is 45.9 Å². The molecule has 0 radical (unpaired) electrons. The first kappa shape index (κ1) is 32.7. The lowest BCUT2D eigenvalue weighted by molar-refractivity contribution is -0.274. The third kappa shape index (κ3) is 8.33. The third-order valence-corrected chi connectivity index (χ3v) is 8.22. The number of carbonyl (C=O) groups excluding carboxylic acids is 2. The van der Waals surface area contributed by atoms with E-state index in [1.807, 2.05) is 48.5 Å². The smallest absolute Gasteiger partial charge is 0.406 e. The van der Waals surface area contributed by atoms with Gasteiger partial charge in [-0.05, 0) is 66.1 Å². The van der Waals surface area contributed by atoms with Crippen molar-refractivity contribution in [3.63, 3.8) is 0 Å². The number of nitrogens with one attached hydrogen (secondary N) is 1. The molecule has 1 aliphatic rings. The van der Waals surface area contributed by atoms with Gasteiger partial charge in [-0.25, -0.2) is 14.5 Å². The molecule has 3 amide bonds. The fraction of sp³-hybridized carbons (Fsp3) is 0.303. The molecule has 0 bridgehead atoms. The number of para-hydroxylation sites is 1. The zero-order valence-corrected chi connectivity index (χ0v) is 26.3. The summed E-state index contributed by atoms with van der Waals surface area (Å²) in [6, 6.07) is 20.4. The second-order valence-corrected chi connectivity index (χ2v) is 12.1. The van der Waals surface area contributed by atoms with Crippen LogP contribution in [-0.4, -0.2) is 50.5 Å². The van der Waals surface area contributed by atoms with Crippen LogP contribution in [0.1, 0.15) is 44.2 Å². The Labute approximate surface area is 268 Å². The summed E-state index contributed by atoms with van der Waals surface area (Å²) < 4.78 is 42.6. The molecular weight excluding hydrogens is 617 g/mol. The predicted octanol–water partition coefficient (Wildman–Crippen LogP) is 7.37. The molecule has 13 heteroatoms. The number of anilines is 1. The highest BCUT2D eigenvalue weighted by molar-refractivity contribution is 8.15. The third-order valence-electron chi connectivity index (χ3n) is 7.30. The van der Waals surface area contributed by atoms with E-state index in [1.165, 1.54) is 47.0 Å². The predicted molar refractivity (Wildman–Crippen MR) is 172 cm³/mol. The molecule has 0 aliphatic carbocycles. The molecule has 1 N–H and O–H groups in total. The number of benzene rings is 3. The first-order valence-corrected chi connectivity index (χ1v) is 15.7. The minimum atomic E-state index is -4.75. The zero-order valence-electron chi connectivity index (χ0n) is 25.5. The van der Waals surface area contributed by atoms with Crippen molar-refractivity contribution in [2.75, 3.05) is 17.2 Å². The van der Waals surface area contributed by atoms with Gasteiger partial charge in [0.1, 0.15) is 12.1 Å². The number of nitrogens with zero attached hydrogens (tertiary/aromatic N) is 5. The Morgan fingerprint density at radius 3 is 2.46 bits per heavy atom. The van der Waals surface area contributed by atoms with Gasteiger partial charge in [-0.1, -0.05) is 75.0 Å². The quantitative estimate of drug-likeness (QED) is 0.192. The van der Waals surface area contributed by atoms with Gasteiger partial charge in [-0.3, -0.25) is 9.69 Å². The Morgan fingerprint density at radius 1 is 1.04 bits per heavy atom. The number of rotatable bonds is 10. The molecule has 1 aromatic heterocycles. The van der Waals surface area contributed by atoms with Gasteiger partial charge in [0, 0.05) is 12.1 Å². The van der Waals surface area contributed by atoms with Crippen LogP contribution in [0.15, 0.2) is 84.1 Å². The lowest BCUT2D eigenvalue weighted by atomic mass is 9.97. The van der Waals surface area contributed by atoms with Crippen molar-refractivity contribution in [1.29, 1.82) is 0 Å². The highest BCUT2D eigenvalue weighted by Crippen LogP contribution is 2.33. The Hall–Kier alpha value is -4.65. The van der Waals surface area contributed by atoms with Crippen LogP contribution in [0, 0.1) is 5.92 Å². The first-order chi connectivity index (χ1) is 22.0. The Bertz CT molecular complexity index is 1700. The summed E-state index contributed by atoms with van der Waals surface area (Å²) >= 11 is 1.26. The van der Waals surface area contributed by atoms with Crippen molar-refractivity contribution in [3.05, 3.63) is 90.3 Å². The Kier molecular flexibility index (Phi) is 10.1. The van der Waals surface area contributed by atoms with E-state index < -0.39 is 12.4 Å². The molecule has 2 heterocycles. The van der Waals surface area contributed by atoms with Gasteiger partial charge < -0.3 is 10.1 Å². The van der Waals surface area contributed by atoms with E-state index >= 15 is 0 Å². The number of aromatic nitrogens is 3. The van der Waals surface area contributed by atoms with Gasteiger partial charge in [0.25, 0.3) is 0 Å². The molecule has 1 atom stereocenters. The summed E-state index contributed by atoms with van der Waals surface area (Å²) in [5.74, 6) is 0.799. The molecule has 0 spiro atoms. The van der Waals surface area contributed by atoms with Gasteiger partial charge in [0.2, 0.25) is 5.91 Å². The van der Waals surface area contributed by atoms with Crippen LogP contribution in [0.4, 0.5) is 23.7 Å². The molecule has 240 valence electrons. The maximum atomic E-state index is 12.7. The monoisotopic (exact) mass is 650 g/mol. The normalized spacial score (nSPS) is 15.1. The number of thioether (sulfide) groups is 1. The fourth-order valence-corrected chi connectivity index (χ4v) is 5.89. The van der Waals surface area contributed by atoms with E-state index in [0.29, 0.717) is 23.2 Å². The van der Waals surface area contributed by atoms with E-state index in [2.05, 4.69) is 45.9 Å². The summed E-state index contributed by atoms with van der Waals surface area (Å²) in [7, 11) is 0. The van der Waals surface area contributed by atoms with Crippen molar-refractivity contribution in [1.82, 2.24) is 20.1 Å². The molecular formula is C33H33F3N6O3S. The summed E-state index contributed by atoms with van der Waals surface area (Å²) in [5.41, 5.74) is 4.23. The number of urea groups is 1. The number of amidine groups is 1. The lowest BCUT2D eigenvalue weighted by Gasteiger charge is -2.21. The zero-order chi connectivity index (χ0) is 32.8. The number of alkyl halides is 3. The summed E-state index contributed by atoms with van der Waals surface area (Å²) in [5, 5.41) is 7.69. The summed E-state index contributed by atoms with van der Waals surface area (Å²) in [6.45, 7) is 6.68. The summed E-state index contributed by atoms with van der Waals surface area (Å²) in [4.78, 5) is 35.4. The van der Waals surface area contributed by atoms with Gasteiger partial charge in [-0.2, -0.15) is 4.99 Å². The highest BCUT2D eigenvalue weighted by atomic mass is 32.2. The van der Waals surface area contributed by atoms with Crippen molar-refractivity contribution < 1.29 is 27.5 Å². The Morgan fingerprint density at radius 2 is 1.76 bits per heavy atom. The maximum Gasteiger partial charge on any atom is 0.573 e. The molecule has 1 fully saturated rings. The van der Waals surface area contributed by atoms with Crippen LogP contribution in [0.5, 0.6) is 5.75 Å². The van der Waals surface area contributed by atoms with E-state index in [4.69, 9.17) is 0 Å². The van der Waals surface area contributed by atoms with Crippen LogP contribution in [0.2, 0.25) is 0 Å². The average Bonchev–Trinajstić information content (AvgIpc) is 3.64. The standard InChI is InChI=1S/C33H33F3N6O3S/c1-21(2)27-6-4-5-7-28(27)42-29(43)19-46-32(42)39-31(44)37-17-16-22(3)18-23-8-10-24(11-9-23)30-38-20-41(40-30)25-12-14-26(15-13-25)45-33(34,35)36/h4-15,20-22H,16-19H2,1-3H3,(H,37,44)/b39-32-. The molecule has 1 aliphatic heterocycles. The fourth-order valence-electron chi connectivity index (χ4n) is 5.03. The van der Waals surface area contributed by atoms with Crippen LogP contribution in [0.25, 0.3) is 17.1 Å². The molecule has 9 nitrogen and oxygen atoms in total. The largest absolute Gasteiger partial charge is 0.573 e. The lowest BCUT2D eigenvalue weighted by Crippen LogP contribution is -2.32. The number of hydrogen-bond donors (Lipinski definition) is 1. The second-order valence-electron chi connectivity index (χ2n) is 11.2. The van der Waals surface area contributed by atoms with E-state index in [9.17, 15) is 22.8 Å². The SMILES string of the molecule is CC(CCNC(=O)/N=C1\SCC(=O)N1c1ccccc1C(C)C)Cc1ccc(-c2ncn(-c3ccc(OC(F)(F)F)cc3)n2)cc1. The molecule has 1 unspecified atom stereocenters. The van der Waals surface area contributed by atoms with Gasteiger partial charge in [-0.15, -0.1) is 18.3 Å². The van der Waals surface area contributed by atoms with Gasteiger partial charge in [0.15, 0.2) is 11.0 Å². The van der Waals surface area contributed by atoms with Crippen LogP contribution >= 0.6 is 11.8 Å². The molecule has 46 heavy (non-hydrogen) atoms. The Balaban J connectivity index is 1.11. The van der Waals surface area contributed by atoms with Crippen LogP contribution < -0.4 is 15.0 Å². The maximum absolute atomic E-state index is 12.7. The van der Waals surface area contributed by atoms with E-state index in [0.717, 1.165) is 35.2 Å². The van der Waals surface area contributed by atoms with Crippen molar-refractivity contribution >= 4 is 34.6 Å². The highest BCUT2D eigenvalue weighted by Gasteiger charge is 2.32. The van der Waals surface area contributed by atoms with Crippen LogP contribution in [0.3, 0.4) is 0 Å². The number of carbonyl (C=O) groups is 2. The molecule has 5 rings (SSSR count). The van der Waals surface area contributed by atoms with Gasteiger partial charge in [0.05, 0.1) is 17.1 Å². The average molecular weight is 651 g/mol. The second kappa shape index (κ2) is 14.2. The number of aliphatic imine (C=N–C) groups is 1. The molecule has 0 saturated carbocycles. The number of halogens is 3. The topological polar surface area (TPSA) is 102 Å². The van der Waals surface area contributed by atoms with E-state index in [1.54, 1.807) is 4.90 Å². The van der Waals surface area contributed by atoms with E-state index in [-0.39, 0.29) is 29.2 Å². The van der Waals surface area contributed by atoms with Gasteiger partial charge >= 0.3 is 12.4 Å². The first-order valence-electron chi connectivity index (χ1n) is 14.7.